The van der Waals surface area contributed by atoms with Crippen LogP contribution in [0, 0.1) is 46.3 Å². The molecule has 0 amide bonds. The highest BCUT2D eigenvalue weighted by atomic mass is 35.5. The SMILES string of the molecule is C=C(Cl)c1n[nH]c2ccc(C(=O)O)cc12.C=C(Nc1ccc(F)cc1)c1n[nH]c2ccc([N+](=O)[O-])cc12.C=C(Nc1ccc(O)cc1)c1n[nH]c2ccc([N+](=O)[O-])cc12.C=C(Nc1ccc(OC)cc1)c1n[nH]c2ccc([N+](=O)[O-])cc12.C=C(Nc1ccccc1)c1n[nH]c2ccc([N+](=O)[O-])cc12. The van der Waals surface area contributed by atoms with E-state index in [4.69, 9.17) is 21.4 Å². The number of non-ortho nitro benzene ring substituents is 4. The molecule has 0 aliphatic carbocycles. The molecule has 11 N–H and O–H groups in total. The van der Waals surface area contributed by atoms with Gasteiger partial charge in [-0.1, -0.05) is 62.7 Å². The lowest BCUT2D eigenvalue weighted by Crippen LogP contribution is -1.98. The number of nitrogens with zero attached hydrogens (tertiary/aromatic N) is 9. The van der Waals surface area contributed by atoms with Gasteiger partial charge in [0.05, 0.1) is 87.8 Å². The van der Waals surface area contributed by atoms with Gasteiger partial charge in [-0.3, -0.25) is 66.0 Å². The van der Waals surface area contributed by atoms with Crippen LogP contribution in [-0.4, -0.2) is 94.0 Å². The number of nitro benzene ring substituents is 4. The summed E-state index contributed by atoms with van der Waals surface area (Å²) in [6.07, 6.45) is 0. The Hall–Kier alpha value is -14.9. The number of methoxy groups -OCH3 is 1. The van der Waals surface area contributed by atoms with Crippen LogP contribution in [-0.2, 0) is 0 Å². The number of aromatic amines is 5. The number of nitrogens with one attached hydrogen (secondary N) is 9. The van der Waals surface area contributed by atoms with Gasteiger partial charge < -0.3 is 36.2 Å². The molecule has 0 fully saturated rings. The molecule has 516 valence electrons. The number of ether oxygens (including phenoxy) is 1. The molecular weight excluding hydrogens is 1350 g/mol. The van der Waals surface area contributed by atoms with Crippen LogP contribution in [0.3, 0.4) is 0 Å². The minimum Gasteiger partial charge on any atom is -0.508 e. The van der Waals surface area contributed by atoms with Crippen molar-refractivity contribution in [2.24, 2.45) is 0 Å². The summed E-state index contributed by atoms with van der Waals surface area (Å²) in [6, 6.07) is 51.8. The van der Waals surface area contributed by atoms with Crippen molar-refractivity contribution in [1.29, 1.82) is 0 Å². The first kappa shape index (κ1) is 70.9. The number of hydrogen-bond donors (Lipinski definition) is 11. The number of hydrogen-bond acceptors (Lipinski definition) is 20. The number of anilines is 4. The average molecular weight is 1410 g/mol. The zero-order valence-electron chi connectivity index (χ0n) is 53.8. The number of carbonyl (C=O) groups is 1. The quantitative estimate of drug-likeness (QED) is 0.0203. The first-order valence-electron chi connectivity index (χ1n) is 30.1. The lowest BCUT2D eigenvalue weighted by molar-refractivity contribution is -0.384. The smallest absolute Gasteiger partial charge is 0.335 e. The second-order valence-electron chi connectivity index (χ2n) is 21.8. The van der Waals surface area contributed by atoms with E-state index in [9.17, 15) is 54.7 Å². The van der Waals surface area contributed by atoms with Crippen LogP contribution in [0.15, 0.2) is 227 Å². The number of aromatic nitrogens is 10. The maximum absolute atomic E-state index is 12.9. The van der Waals surface area contributed by atoms with Gasteiger partial charge in [-0.05, 0) is 127 Å². The highest BCUT2D eigenvalue weighted by Crippen LogP contribution is 2.33. The number of fused-ring (bicyclic) bond motifs is 5. The number of halogens is 2. The van der Waals surface area contributed by atoms with Gasteiger partial charge in [0, 0.05) is 98.2 Å². The fraction of sp³-hybridized carbons (Fsp3) is 0.0141. The third-order valence-electron chi connectivity index (χ3n) is 15.0. The maximum atomic E-state index is 12.9. The van der Waals surface area contributed by atoms with E-state index in [2.05, 4.69) is 105 Å². The normalized spacial score (nSPS) is 10.5. The standard InChI is InChI=1S/C16H14N4O3.C15H11FN4O2.C15H12N4O3.C15H12N4O2.C10H7ClN2O2/c1-10(17-11-3-6-13(23-2)7-4-11)16-14-9-12(20(21)22)5-8-15(14)18-19-16;1-9(17-11-4-2-10(16)3-5-11)15-13-8-12(20(21)22)6-7-14(13)18-19-15;1-9(16-10-2-5-12(20)6-3-10)15-13-8-11(19(21)22)4-7-14(13)17-18-15;1-10(16-11-5-3-2-4-6-11)15-13-9-12(19(20)21)7-8-14(13)17-18-15;1-5(11)9-7-4-6(10(14)15)2-3-8(7)12-13-9/h3-9,17H,1H2,2H3,(H,18,19);2-8,17H,1H2,(H,18,19);2-8,16,20H,1H2,(H,17,18);2-9,16H,1H2,(H,17,18);2-4H,1H2,(H,12,13)(H,14,15). The highest BCUT2D eigenvalue weighted by Gasteiger charge is 2.19. The first-order chi connectivity index (χ1) is 49.4. The molecule has 14 rings (SSSR count). The van der Waals surface area contributed by atoms with Crippen molar-refractivity contribution in [1.82, 2.24) is 51.0 Å². The topological polar surface area (TPSA) is 431 Å². The molecule has 0 unspecified atom stereocenters. The maximum Gasteiger partial charge on any atom is 0.335 e. The van der Waals surface area contributed by atoms with Crippen LogP contribution >= 0.6 is 11.6 Å². The molecule has 9 aromatic carbocycles. The van der Waals surface area contributed by atoms with Crippen molar-refractivity contribution in [3.63, 3.8) is 0 Å². The summed E-state index contributed by atoms with van der Waals surface area (Å²) in [4.78, 5) is 52.5. The van der Waals surface area contributed by atoms with Crippen molar-refractivity contribution in [3.05, 3.63) is 307 Å². The van der Waals surface area contributed by atoms with Crippen molar-refractivity contribution >= 4 is 145 Å². The molecule has 0 aliphatic rings. The fourth-order valence-corrected chi connectivity index (χ4v) is 10.1. The number of phenolic OH excluding ortho intramolecular Hbond substituents is 1. The largest absolute Gasteiger partial charge is 0.508 e. The molecule has 30 nitrogen and oxygen atoms in total. The summed E-state index contributed by atoms with van der Waals surface area (Å²) in [5.41, 5.74) is 11.4. The van der Waals surface area contributed by atoms with Gasteiger partial charge in [-0.15, -0.1) is 0 Å². The number of carboxylic acid groups (broad SMARTS) is 1. The Balaban J connectivity index is 0.000000139. The van der Waals surface area contributed by atoms with Crippen molar-refractivity contribution in [3.8, 4) is 11.5 Å². The Labute approximate surface area is 584 Å². The predicted molar refractivity (Wildman–Crippen MR) is 394 cm³/mol. The number of aromatic hydroxyl groups is 1. The summed E-state index contributed by atoms with van der Waals surface area (Å²) in [5.74, 6) is -0.403. The van der Waals surface area contributed by atoms with Gasteiger partial charge in [0.15, 0.2) is 0 Å². The molecule has 0 bridgehead atoms. The number of benzene rings is 9. The Morgan fingerprint density at radius 2 is 0.718 bits per heavy atom. The van der Waals surface area contributed by atoms with Gasteiger partial charge in [0.1, 0.15) is 45.8 Å². The average Bonchev–Trinajstić information content (AvgIpc) is 1.71. The minimum atomic E-state index is -0.982. The molecule has 14 aromatic rings. The minimum absolute atomic E-state index is 0.00687. The molecule has 5 aromatic heterocycles. The van der Waals surface area contributed by atoms with Gasteiger partial charge in [-0.25, -0.2) is 9.18 Å². The second-order valence-corrected chi connectivity index (χ2v) is 22.3. The zero-order valence-corrected chi connectivity index (χ0v) is 54.5. The van der Waals surface area contributed by atoms with E-state index in [1.165, 1.54) is 72.8 Å². The molecule has 0 saturated heterocycles. The zero-order chi connectivity index (χ0) is 73.6. The number of aromatic carboxylic acids is 1. The number of H-pyrrole nitrogens is 5. The number of para-hydroxylation sites is 1. The monoisotopic (exact) mass is 1410 g/mol. The van der Waals surface area contributed by atoms with Crippen LogP contribution in [0.1, 0.15) is 38.8 Å². The lowest BCUT2D eigenvalue weighted by Gasteiger charge is -2.08. The summed E-state index contributed by atoms with van der Waals surface area (Å²) in [7, 11) is 1.60. The van der Waals surface area contributed by atoms with Crippen LogP contribution < -0.4 is 26.0 Å². The summed E-state index contributed by atoms with van der Waals surface area (Å²) < 4.78 is 18.0. The summed E-state index contributed by atoms with van der Waals surface area (Å²) >= 11 is 5.73. The Kier molecular flexibility index (Phi) is 21.7. The molecule has 5 heterocycles. The van der Waals surface area contributed by atoms with Crippen LogP contribution in [0.2, 0.25) is 0 Å². The van der Waals surface area contributed by atoms with Crippen molar-refractivity contribution in [2.45, 2.75) is 0 Å². The van der Waals surface area contributed by atoms with E-state index >= 15 is 0 Å². The first-order valence-corrected chi connectivity index (χ1v) is 30.4. The van der Waals surface area contributed by atoms with Crippen LogP contribution in [0.5, 0.6) is 11.5 Å². The fourth-order valence-electron chi connectivity index (χ4n) is 9.94. The summed E-state index contributed by atoms with van der Waals surface area (Å²) in [6.45, 7) is 19.3. The van der Waals surface area contributed by atoms with Gasteiger partial charge >= 0.3 is 5.97 Å². The van der Waals surface area contributed by atoms with Crippen molar-refractivity contribution in [2.75, 3.05) is 28.4 Å². The molecular formula is C71H56ClFN18O12. The Morgan fingerprint density at radius 1 is 0.427 bits per heavy atom. The third kappa shape index (κ3) is 17.3. The lowest BCUT2D eigenvalue weighted by atomic mass is 10.1. The van der Waals surface area contributed by atoms with Crippen LogP contribution in [0.4, 0.5) is 49.9 Å². The van der Waals surface area contributed by atoms with Crippen LogP contribution in [0.25, 0.3) is 82.3 Å². The van der Waals surface area contributed by atoms with E-state index in [1.54, 1.807) is 73.8 Å². The molecule has 0 atom stereocenters. The van der Waals surface area contributed by atoms with E-state index in [0.717, 1.165) is 33.8 Å². The predicted octanol–water partition coefficient (Wildman–Crippen LogP) is 16.5. The molecule has 103 heavy (non-hydrogen) atoms. The molecule has 0 radical (unpaired) electrons. The third-order valence-corrected chi connectivity index (χ3v) is 15.2. The van der Waals surface area contributed by atoms with E-state index < -0.39 is 25.7 Å². The number of phenols is 1. The van der Waals surface area contributed by atoms with Crippen molar-refractivity contribution < 1.29 is 43.8 Å². The number of carboxylic acids is 1. The summed E-state index contributed by atoms with van der Waals surface area (Å²) in [5, 5.41) is 112. The Bertz CT molecular complexity index is 5450. The molecule has 32 heteroatoms. The number of rotatable bonds is 19. The Morgan fingerprint density at radius 3 is 1.03 bits per heavy atom. The van der Waals surface area contributed by atoms with E-state index in [1.807, 2.05) is 54.6 Å². The number of nitro groups is 4. The van der Waals surface area contributed by atoms with Gasteiger partial charge in [0.25, 0.3) is 22.7 Å². The molecule has 0 aliphatic heterocycles. The van der Waals surface area contributed by atoms with Gasteiger partial charge in [-0.2, -0.15) is 25.5 Å². The molecule has 0 spiro atoms. The second kappa shape index (κ2) is 31.5. The molecule has 0 saturated carbocycles. The highest BCUT2D eigenvalue weighted by molar-refractivity contribution is 6.49. The van der Waals surface area contributed by atoms with E-state index in [-0.39, 0.29) is 44.9 Å². The van der Waals surface area contributed by atoms with E-state index in [0.29, 0.717) is 100 Å². The van der Waals surface area contributed by atoms with Gasteiger partial charge in [0.2, 0.25) is 0 Å².